The first-order valence-corrected chi connectivity index (χ1v) is 7.47. The smallest absolute Gasteiger partial charge is 0.277 e. The highest BCUT2D eigenvalue weighted by Gasteiger charge is 2.33. The highest BCUT2D eigenvalue weighted by atomic mass is 32.2. The van der Waals surface area contributed by atoms with Gasteiger partial charge in [0.25, 0.3) is 10.2 Å². The topological polar surface area (TPSA) is 66.6 Å². The molecular formula is C12H19N3O2S. The minimum atomic E-state index is -3.61. The number of anilines is 1. The van der Waals surface area contributed by atoms with E-state index in [1.54, 1.807) is 0 Å². The van der Waals surface area contributed by atoms with Crippen LogP contribution < -0.4 is 10.0 Å². The summed E-state index contributed by atoms with van der Waals surface area (Å²) in [6.45, 7) is 0.510. The Hall–Kier alpha value is -1.11. The number of rotatable bonds is 3. The Kier molecular flexibility index (Phi) is 3.61. The number of benzene rings is 1. The van der Waals surface area contributed by atoms with E-state index >= 15 is 0 Å². The molecule has 0 aliphatic carbocycles. The lowest BCUT2D eigenvalue weighted by Crippen LogP contribution is -2.36. The molecule has 6 heteroatoms. The molecule has 0 aromatic heterocycles. The van der Waals surface area contributed by atoms with Crippen molar-refractivity contribution in [3.05, 3.63) is 29.8 Å². The standard InChI is InChI=1S/C12H19N3O2S/c1-14(2)11-6-3-5-10(9-11)12-7-4-8-15(12)18(13,16)17/h3,5-6,9,12H,4,7-8H2,1-2H3,(H2,13,16,17). The monoisotopic (exact) mass is 269 g/mol. The van der Waals surface area contributed by atoms with Crippen LogP contribution in [0.15, 0.2) is 24.3 Å². The Bertz CT molecular complexity index is 528. The van der Waals surface area contributed by atoms with Gasteiger partial charge in [0.2, 0.25) is 0 Å². The molecule has 1 unspecified atom stereocenters. The van der Waals surface area contributed by atoms with E-state index in [0.29, 0.717) is 6.54 Å². The second-order valence-corrected chi connectivity index (χ2v) is 6.30. The summed E-state index contributed by atoms with van der Waals surface area (Å²) in [5.41, 5.74) is 2.07. The van der Waals surface area contributed by atoms with Crippen molar-refractivity contribution < 1.29 is 8.42 Å². The summed E-state index contributed by atoms with van der Waals surface area (Å²) in [4.78, 5) is 2.00. The van der Waals surface area contributed by atoms with Crippen LogP contribution in [0.1, 0.15) is 24.4 Å². The van der Waals surface area contributed by atoms with Gasteiger partial charge < -0.3 is 4.90 Å². The van der Waals surface area contributed by atoms with Crippen molar-refractivity contribution in [1.29, 1.82) is 0 Å². The first kappa shape index (κ1) is 13.3. The van der Waals surface area contributed by atoms with E-state index in [9.17, 15) is 8.42 Å². The van der Waals surface area contributed by atoms with Gasteiger partial charge in [-0.1, -0.05) is 12.1 Å². The first-order chi connectivity index (χ1) is 8.39. The molecule has 1 aromatic carbocycles. The van der Waals surface area contributed by atoms with E-state index in [2.05, 4.69) is 0 Å². The van der Waals surface area contributed by atoms with Crippen LogP contribution in [0.4, 0.5) is 5.69 Å². The van der Waals surface area contributed by atoms with Gasteiger partial charge in [-0.25, -0.2) is 5.14 Å². The quantitative estimate of drug-likeness (QED) is 0.893. The van der Waals surface area contributed by atoms with Crippen molar-refractivity contribution in [2.24, 2.45) is 5.14 Å². The SMILES string of the molecule is CN(C)c1cccc(C2CCCN2S(N)(=O)=O)c1. The molecule has 1 atom stereocenters. The summed E-state index contributed by atoms with van der Waals surface area (Å²) >= 11 is 0. The van der Waals surface area contributed by atoms with Crippen molar-refractivity contribution in [2.45, 2.75) is 18.9 Å². The molecule has 18 heavy (non-hydrogen) atoms. The highest BCUT2D eigenvalue weighted by Crippen LogP contribution is 2.34. The molecule has 1 aliphatic rings. The maximum Gasteiger partial charge on any atom is 0.277 e. The lowest BCUT2D eigenvalue weighted by molar-refractivity contribution is 0.397. The Morgan fingerprint density at radius 3 is 2.72 bits per heavy atom. The van der Waals surface area contributed by atoms with E-state index in [4.69, 9.17) is 5.14 Å². The maximum atomic E-state index is 11.5. The number of hydrogen-bond acceptors (Lipinski definition) is 3. The molecule has 0 saturated carbocycles. The minimum Gasteiger partial charge on any atom is -0.378 e. The molecule has 2 N–H and O–H groups in total. The summed E-state index contributed by atoms with van der Waals surface area (Å²) in [7, 11) is 0.314. The minimum absolute atomic E-state index is 0.125. The van der Waals surface area contributed by atoms with Crippen molar-refractivity contribution in [2.75, 3.05) is 25.5 Å². The van der Waals surface area contributed by atoms with Crippen molar-refractivity contribution >= 4 is 15.9 Å². The molecule has 1 saturated heterocycles. The van der Waals surface area contributed by atoms with E-state index < -0.39 is 10.2 Å². The molecule has 1 fully saturated rings. The zero-order valence-electron chi connectivity index (χ0n) is 10.7. The van der Waals surface area contributed by atoms with Crippen LogP contribution in [0.3, 0.4) is 0 Å². The van der Waals surface area contributed by atoms with Gasteiger partial charge in [-0.15, -0.1) is 0 Å². The molecular weight excluding hydrogens is 250 g/mol. The fraction of sp³-hybridized carbons (Fsp3) is 0.500. The van der Waals surface area contributed by atoms with Gasteiger partial charge in [0.1, 0.15) is 0 Å². The van der Waals surface area contributed by atoms with Crippen LogP contribution in [0.25, 0.3) is 0 Å². The first-order valence-electron chi connectivity index (χ1n) is 5.96. The summed E-state index contributed by atoms with van der Waals surface area (Å²) < 4.78 is 24.4. The van der Waals surface area contributed by atoms with Crippen LogP contribution in [-0.2, 0) is 10.2 Å². The average molecular weight is 269 g/mol. The third-order valence-corrected chi connectivity index (χ3v) is 4.39. The Morgan fingerprint density at radius 1 is 1.39 bits per heavy atom. The average Bonchev–Trinajstić information content (AvgIpc) is 2.77. The molecule has 5 nitrogen and oxygen atoms in total. The molecule has 0 amide bonds. The van der Waals surface area contributed by atoms with Crippen molar-refractivity contribution in [3.8, 4) is 0 Å². The Balaban J connectivity index is 2.33. The van der Waals surface area contributed by atoms with Gasteiger partial charge >= 0.3 is 0 Å². The van der Waals surface area contributed by atoms with Crippen LogP contribution >= 0.6 is 0 Å². The lowest BCUT2D eigenvalue weighted by atomic mass is 10.0. The summed E-state index contributed by atoms with van der Waals surface area (Å²) in [6, 6.07) is 7.80. The van der Waals surface area contributed by atoms with Crippen LogP contribution in [-0.4, -0.2) is 33.4 Å². The number of hydrogen-bond donors (Lipinski definition) is 1. The molecule has 0 bridgehead atoms. The van der Waals surface area contributed by atoms with E-state index in [1.165, 1.54) is 4.31 Å². The van der Waals surface area contributed by atoms with Crippen molar-refractivity contribution in [1.82, 2.24) is 4.31 Å². The van der Waals surface area contributed by atoms with Gasteiger partial charge in [0.05, 0.1) is 6.04 Å². The van der Waals surface area contributed by atoms with Crippen LogP contribution in [0.2, 0.25) is 0 Å². The van der Waals surface area contributed by atoms with Gasteiger partial charge in [0, 0.05) is 26.3 Å². The molecule has 0 radical (unpaired) electrons. The van der Waals surface area contributed by atoms with Gasteiger partial charge in [-0.05, 0) is 30.5 Å². The fourth-order valence-electron chi connectivity index (χ4n) is 2.39. The fourth-order valence-corrected chi connectivity index (χ4v) is 3.35. The van der Waals surface area contributed by atoms with Gasteiger partial charge in [-0.2, -0.15) is 12.7 Å². The number of nitrogens with zero attached hydrogens (tertiary/aromatic N) is 2. The van der Waals surface area contributed by atoms with E-state index in [1.807, 2.05) is 43.3 Å². The van der Waals surface area contributed by atoms with Gasteiger partial charge in [-0.3, -0.25) is 0 Å². The molecule has 1 aliphatic heterocycles. The zero-order chi connectivity index (χ0) is 13.3. The second kappa shape index (κ2) is 4.87. The maximum absolute atomic E-state index is 11.5. The van der Waals surface area contributed by atoms with Crippen LogP contribution in [0.5, 0.6) is 0 Å². The second-order valence-electron chi connectivity index (χ2n) is 4.80. The van der Waals surface area contributed by atoms with Crippen LogP contribution in [0, 0.1) is 0 Å². The normalized spacial score (nSPS) is 21.2. The largest absolute Gasteiger partial charge is 0.378 e. The Morgan fingerprint density at radius 2 is 2.11 bits per heavy atom. The number of nitrogens with two attached hydrogens (primary N) is 1. The Labute approximate surface area is 108 Å². The summed E-state index contributed by atoms with van der Waals surface area (Å²) in [5.74, 6) is 0. The molecule has 0 spiro atoms. The third-order valence-electron chi connectivity index (χ3n) is 3.30. The van der Waals surface area contributed by atoms with E-state index in [0.717, 1.165) is 24.1 Å². The predicted octanol–water partition coefficient (Wildman–Crippen LogP) is 1.09. The van der Waals surface area contributed by atoms with Gasteiger partial charge in [0.15, 0.2) is 0 Å². The summed E-state index contributed by atoms with van der Waals surface area (Å²) in [6.07, 6.45) is 1.68. The third kappa shape index (κ3) is 2.66. The lowest BCUT2D eigenvalue weighted by Gasteiger charge is -2.23. The zero-order valence-corrected chi connectivity index (χ0v) is 11.5. The molecule has 1 aromatic rings. The molecule has 1 heterocycles. The van der Waals surface area contributed by atoms with Crippen molar-refractivity contribution in [3.63, 3.8) is 0 Å². The van der Waals surface area contributed by atoms with E-state index in [-0.39, 0.29) is 6.04 Å². The molecule has 2 rings (SSSR count). The summed E-state index contributed by atoms with van der Waals surface area (Å²) in [5, 5.41) is 5.25. The highest BCUT2D eigenvalue weighted by molar-refractivity contribution is 7.86. The predicted molar refractivity (Wildman–Crippen MR) is 72.6 cm³/mol. The molecule has 100 valence electrons.